The second kappa shape index (κ2) is 7.55. The van der Waals surface area contributed by atoms with Gasteiger partial charge in [-0.3, -0.25) is 0 Å². The predicted molar refractivity (Wildman–Crippen MR) is 90.4 cm³/mol. The lowest BCUT2D eigenvalue weighted by Crippen LogP contribution is -2.04. The Bertz CT molecular complexity index is 821. The van der Waals surface area contributed by atoms with Crippen molar-refractivity contribution in [2.75, 3.05) is 11.9 Å². The number of nitrogens with one attached hydrogen (secondary N) is 1. The van der Waals surface area contributed by atoms with Gasteiger partial charge in [0.25, 0.3) is 0 Å². The fraction of sp³-hybridized carbons (Fsp3) is 0.312. The van der Waals surface area contributed by atoms with Crippen LogP contribution >= 0.6 is 11.6 Å². The van der Waals surface area contributed by atoms with Crippen LogP contribution in [0.5, 0.6) is 0 Å². The van der Waals surface area contributed by atoms with E-state index in [1.807, 2.05) is 4.57 Å². The van der Waals surface area contributed by atoms with E-state index in [0.29, 0.717) is 36.5 Å². The topological polar surface area (TPSA) is 75.9 Å². The van der Waals surface area contributed by atoms with Crippen molar-refractivity contribution in [1.29, 1.82) is 0 Å². The first-order valence-corrected chi connectivity index (χ1v) is 8.02. The molecule has 0 unspecified atom stereocenters. The van der Waals surface area contributed by atoms with Crippen LogP contribution in [0.15, 0.2) is 30.6 Å². The number of imidazole rings is 1. The number of halogens is 2. The van der Waals surface area contributed by atoms with E-state index in [2.05, 4.69) is 20.3 Å². The quantitative estimate of drug-likeness (QED) is 0.506. The summed E-state index contributed by atoms with van der Waals surface area (Å²) in [5.41, 5.74) is 2.20. The highest BCUT2D eigenvalue weighted by atomic mass is 35.5. The average Bonchev–Trinajstić information content (AvgIpc) is 2.97. The number of anilines is 1. The third-order valence-corrected chi connectivity index (χ3v) is 3.79. The molecule has 2 N–H and O–H groups in total. The molecule has 0 atom stereocenters. The number of unbranched alkanes of at least 4 members (excludes halogenated alkanes) is 1. The minimum absolute atomic E-state index is 0.132. The molecule has 3 rings (SSSR count). The molecule has 3 aromatic rings. The van der Waals surface area contributed by atoms with Gasteiger partial charge in [-0.1, -0.05) is 12.1 Å². The zero-order valence-corrected chi connectivity index (χ0v) is 13.7. The SMILES string of the molecule is OCCCCn1cnc2c(NCc3ccc(F)cc3)nc(Cl)nc21. The summed E-state index contributed by atoms with van der Waals surface area (Å²) >= 11 is 6.02. The van der Waals surface area contributed by atoms with E-state index in [1.54, 1.807) is 18.5 Å². The lowest BCUT2D eigenvalue weighted by Gasteiger charge is -2.08. The van der Waals surface area contributed by atoms with Crippen LogP contribution in [0.25, 0.3) is 11.2 Å². The molecule has 0 fully saturated rings. The lowest BCUT2D eigenvalue weighted by molar-refractivity contribution is 0.281. The number of hydrogen-bond donors (Lipinski definition) is 2. The number of aliphatic hydroxyl groups is 1. The van der Waals surface area contributed by atoms with Gasteiger partial charge >= 0.3 is 0 Å². The number of aliphatic hydroxyl groups excluding tert-OH is 1. The van der Waals surface area contributed by atoms with E-state index < -0.39 is 0 Å². The first-order chi connectivity index (χ1) is 11.7. The first-order valence-electron chi connectivity index (χ1n) is 7.65. The number of rotatable bonds is 7. The Kier molecular flexibility index (Phi) is 5.22. The van der Waals surface area contributed by atoms with Crippen LogP contribution in [0.1, 0.15) is 18.4 Å². The molecule has 0 aliphatic carbocycles. The molecule has 2 aromatic heterocycles. The lowest BCUT2D eigenvalue weighted by atomic mass is 10.2. The van der Waals surface area contributed by atoms with Crippen LogP contribution in [0.4, 0.5) is 10.2 Å². The third kappa shape index (κ3) is 3.80. The second-order valence-corrected chi connectivity index (χ2v) is 5.70. The van der Waals surface area contributed by atoms with Crippen molar-refractivity contribution in [2.45, 2.75) is 25.9 Å². The summed E-state index contributed by atoms with van der Waals surface area (Å²) in [4.78, 5) is 12.8. The highest BCUT2D eigenvalue weighted by molar-refractivity contribution is 6.28. The summed E-state index contributed by atoms with van der Waals surface area (Å²) in [7, 11) is 0. The average molecular weight is 350 g/mol. The van der Waals surface area contributed by atoms with Crippen molar-refractivity contribution in [1.82, 2.24) is 19.5 Å². The van der Waals surface area contributed by atoms with Crippen LogP contribution in [-0.2, 0) is 13.1 Å². The van der Waals surface area contributed by atoms with Gasteiger partial charge in [0.05, 0.1) is 6.33 Å². The Morgan fingerprint density at radius 2 is 1.96 bits per heavy atom. The van der Waals surface area contributed by atoms with E-state index in [0.717, 1.165) is 12.0 Å². The molecule has 0 saturated heterocycles. The van der Waals surface area contributed by atoms with Crippen molar-refractivity contribution in [3.8, 4) is 0 Å². The monoisotopic (exact) mass is 349 g/mol. The molecule has 0 aliphatic heterocycles. The molecule has 1 aromatic carbocycles. The van der Waals surface area contributed by atoms with Crippen LogP contribution in [-0.4, -0.2) is 31.2 Å². The maximum atomic E-state index is 13.0. The fourth-order valence-corrected chi connectivity index (χ4v) is 2.55. The van der Waals surface area contributed by atoms with Gasteiger partial charge < -0.3 is 15.0 Å². The van der Waals surface area contributed by atoms with Crippen molar-refractivity contribution in [3.05, 3.63) is 47.3 Å². The zero-order chi connectivity index (χ0) is 16.9. The molecule has 0 spiro atoms. The Balaban J connectivity index is 1.81. The third-order valence-electron chi connectivity index (χ3n) is 3.62. The summed E-state index contributed by atoms with van der Waals surface area (Å²) in [6.45, 7) is 1.33. The largest absolute Gasteiger partial charge is 0.396 e. The summed E-state index contributed by atoms with van der Waals surface area (Å²) < 4.78 is 14.8. The summed E-state index contributed by atoms with van der Waals surface area (Å²) in [5.74, 6) is 0.267. The molecule has 8 heteroatoms. The van der Waals surface area contributed by atoms with Crippen molar-refractivity contribution < 1.29 is 9.50 Å². The highest BCUT2D eigenvalue weighted by Gasteiger charge is 2.12. The molecule has 0 saturated carbocycles. The standard InChI is InChI=1S/C16H17ClFN5O/c17-16-21-14(19-9-11-3-5-12(18)6-4-11)13-15(22-16)23(10-20-13)7-1-2-8-24/h3-6,10,24H,1-2,7-9H2,(H,19,21,22). The predicted octanol–water partition coefficient (Wildman–Crippen LogP) is 3.00. The molecule has 0 radical (unpaired) electrons. The smallest absolute Gasteiger partial charge is 0.226 e. The molecule has 126 valence electrons. The molecule has 0 amide bonds. The molecule has 6 nitrogen and oxygen atoms in total. The number of aryl methyl sites for hydroxylation is 1. The van der Waals surface area contributed by atoms with E-state index >= 15 is 0 Å². The van der Waals surface area contributed by atoms with Crippen LogP contribution in [0, 0.1) is 5.82 Å². The van der Waals surface area contributed by atoms with E-state index in [4.69, 9.17) is 16.7 Å². The number of nitrogens with zero attached hydrogens (tertiary/aromatic N) is 4. The van der Waals surface area contributed by atoms with Crippen LogP contribution in [0.2, 0.25) is 5.28 Å². The minimum atomic E-state index is -0.271. The highest BCUT2D eigenvalue weighted by Crippen LogP contribution is 2.22. The summed E-state index contributed by atoms with van der Waals surface area (Å²) in [5, 5.41) is 12.2. The summed E-state index contributed by atoms with van der Waals surface area (Å²) in [6.07, 6.45) is 3.23. The van der Waals surface area contributed by atoms with Crippen molar-refractivity contribution in [3.63, 3.8) is 0 Å². The van der Waals surface area contributed by atoms with Crippen LogP contribution < -0.4 is 5.32 Å². The Morgan fingerprint density at radius 1 is 1.17 bits per heavy atom. The van der Waals surface area contributed by atoms with Gasteiger partial charge in [-0.15, -0.1) is 0 Å². The van der Waals surface area contributed by atoms with Gasteiger partial charge in [-0.25, -0.2) is 9.37 Å². The van der Waals surface area contributed by atoms with Gasteiger partial charge in [0.2, 0.25) is 5.28 Å². The van der Waals surface area contributed by atoms with E-state index in [-0.39, 0.29) is 17.7 Å². The fourth-order valence-electron chi connectivity index (χ4n) is 2.39. The zero-order valence-electron chi connectivity index (χ0n) is 12.9. The van der Waals surface area contributed by atoms with Crippen LogP contribution in [0.3, 0.4) is 0 Å². The van der Waals surface area contributed by atoms with E-state index in [1.165, 1.54) is 12.1 Å². The number of hydrogen-bond acceptors (Lipinski definition) is 5. The second-order valence-electron chi connectivity index (χ2n) is 5.36. The molecular formula is C16H17ClFN5O. The van der Waals surface area contributed by atoms with Gasteiger partial charge in [0, 0.05) is 19.7 Å². The normalized spacial score (nSPS) is 11.1. The maximum Gasteiger partial charge on any atom is 0.226 e. The number of benzene rings is 1. The molecular weight excluding hydrogens is 333 g/mol. The molecule has 24 heavy (non-hydrogen) atoms. The minimum Gasteiger partial charge on any atom is -0.396 e. The molecule has 2 heterocycles. The summed E-state index contributed by atoms with van der Waals surface area (Å²) in [6, 6.07) is 6.23. The van der Waals surface area contributed by atoms with Crippen molar-refractivity contribution >= 4 is 28.6 Å². The van der Waals surface area contributed by atoms with E-state index in [9.17, 15) is 4.39 Å². The maximum absolute atomic E-state index is 13.0. The van der Waals surface area contributed by atoms with Gasteiger partial charge in [0.1, 0.15) is 5.82 Å². The first kappa shape index (κ1) is 16.6. The van der Waals surface area contributed by atoms with Gasteiger partial charge in [0.15, 0.2) is 17.0 Å². The molecule has 0 bridgehead atoms. The van der Waals surface area contributed by atoms with Gasteiger partial charge in [-0.05, 0) is 42.1 Å². The van der Waals surface area contributed by atoms with Crippen molar-refractivity contribution in [2.24, 2.45) is 0 Å². The Hall–Kier alpha value is -2.25. The Labute approximate surface area is 143 Å². The molecule has 0 aliphatic rings. The number of fused-ring (bicyclic) bond motifs is 1. The number of aromatic nitrogens is 4. The Morgan fingerprint density at radius 3 is 2.71 bits per heavy atom. The van der Waals surface area contributed by atoms with Gasteiger partial charge in [-0.2, -0.15) is 9.97 Å².